The van der Waals surface area contributed by atoms with Crippen molar-refractivity contribution >= 4 is 35.7 Å². The van der Waals surface area contributed by atoms with Crippen molar-refractivity contribution in [2.24, 2.45) is 29.4 Å². The molecule has 1 aliphatic heterocycles. The highest BCUT2D eigenvalue weighted by atomic mass is 19.4. The average Bonchev–Trinajstić information content (AvgIpc) is 3.41. The van der Waals surface area contributed by atoms with Crippen molar-refractivity contribution in [1.29, 1.82) is 0 Å². The monoisotopic (exact) mass is 786 g/mol. The van der Waals surface area contributed by atoms with Crippen molar-refractivity contribution in [3.63, 3.8) is 0 Å². The second kappa shape index (κ2) is 28.0. The van der Waals surface area contributed by atoms with Crippen molar-refractivity contribution in [2.75, 3.05) is 25.5 Å². The molecule has 2 aliphatic rings. The third kappa shape index (κ3) is 19.8. The maximum atomic E-state index is 13.8. The number of aldehydes is 1. The predicted molar refractivity (Wildman–Crippen MR) is 212 cm³/mol. The van der Waals surface area contributed by atoms with Crippen LogP contribution in [0.15, 0.2) is 24.3 Å². The number of unbranched alkanes of at least 4 members (excludes halogenated alkanes) is 2. The molecule has 1 aromatic carbocycles. The number of rotatable bonds is 18. The Hall–Kier alpha value is -3.52. The van der Waals surface area contributed by atoms with Crippen LogP contribution >= 0.6 is 0 Å². The molecule has 0 spiro atoms. The van der Waals surface area contributed by atoms with Gasteiger partial charge in [-0.1, -0.05) is 86.3 Å². The fourth-order valence-corrected chi connectivity index (χ4v) is 6.44. The van der Waals surface area contributed by atoms with Gasteiger partial charge in [-0.3, -0.25) is 29.4 Å². The molecule has 11 nitrogen and oxygen atoms in total. The number of nitrogens with two attached hydrogens (primary N) is 1. The van der Waals surface area contributed by atoms with E-state index in [0.29, 0.717) is 44.6 Å². The number of imide groups is 1. The van der Waals surface area contributed by atoms with Crippen LogP contribution in [0, 0.1) is 23.7 Å². The lowest BCUT2D eigenvalue weighted by Crippen LogP contribution is -2.57. The second-order valence-electron chi connectivity index (χ2n) is 14.2. The maximum Gasteiger partial charge on any atom is 0.403 e. The van der Waals surface area contributed by atoms with Gasteiger partial charge in [0.2, 0.25) is 17.7 Å². The minimum atomic E-state index is -4.56. The number of carbonyl (C=O) groups excluding carboxylic acids is 5. The summed E-state index contributed by atoms with van der Waals surface area (Å²) >= 11 is 0. The van der Waals surface area contributed by atoms with Crippen LogP contribution in [0.3, 0.4) is 0 Å². The van der Waals surface area contributed by atoms with Gasteiger partial charge in [-0.15, -0.1) is 0 Å². The van der Waals surface area contributed by atoms with Crippen LogP contribution in [-0.2, 0) is 35.3 Å². The summed E-state index contributed by atoms with van der Waals surface area (Å²) in [5, 5.41) is 8.18. The van der Waals surface area contributed by atoms with E-state index in [1.807, 2.05) is 59.0 Å². The van der Waals surface area contributed by atoms with Gasteiger partial charge in [0.15, 0.2) is 0 Å². The lowest BCUT2D eigenvalue weighted by atomic mass is 9.79. The predicted octanol–water partition coefficient (Wildman–Crippen LogP) is 7.17. The van der Waals surface area contributed by atoms with E-state index < -0.39 is 36.1 Å². The van der Waals surface area contributed by atoms with Crippen LogP contribution in [0.1, 0.15) is 125 Å². The molecule has 14 heteroatoms. The highest BCUT2D eigenvalue weighted by Gasteiger charge is 2.42. The molecule has 0 radical (unpaired) electrons. The molecule has 2 fully saturated rings. The molecule has 55 heavy (non-hydrogen) atoms. The number of hydrogen-bond donors (Lipinski definition) is 4. The van der Waals surface area contributed by atoms with Gasteiger partial charge in [0.1, 0.15) is 18.9 Å². The zero-order chi connectivity index (χ0) is 42.1. The third-order valence-electron chi connectivity index (χ3n) is 9.63. The van der Waals surface area contributed by atoms with Crippen LogP contribution in [0.2, 0.25) is 0 Å². The number of nitrogens with zero attached hydrogens (tertiary/aromatic N) is 1. The van der Waals surface area contributed by atoms with Gasteiger partial charge in [0.05, 0.1) is 12.1 Å². The summed E-state index contributed by atoms with van der Waals surface area (Å²) < 4.78 is 46.4. The van der Waals surface area contributed by atoms with Gasteiger partial charge in [0, 0.05) is 38.5 Å². The molecule has 3 rings (SSSR count). The number of alkyl halides is 3. The van der Waals surface area contributed by atoms with Crippen LogP contribution in [0.4, 0.5) is 18.9 Å². The number of likely N-dealkylation sites (tertiary alicyclic amines) is 1. The summed E-state index contributed by atoms with van der Waals surface area (Å²) in [6.45, 7) is 15.6. The Balaban J connectivity index is 0.00000143. The third-order valence-corrected chi connectivity index (χ3v) is 9.63. The van der Waals surface area contributed by atoms with Gasteiger partial charge in [-0.25, -0.2) is 0 Å². The zero-order valence-corrected chi connectivity index (χ0v) is 34.7. The number of benzene rings is 1. The second-order valence-corrected chi connectivity index (χ2v) is 14.2. The van der Waals surface area contributed by atoms with Crippen molar-refractivity contribution in [3.8, 4) is 0 Å². The van der Waals surface area contributed by atoms with Crippen LogP contribution in [-0.4, -0.2) is 79.3 Å². The smallest absolute Gasteiger partial charge is 0.403 e. The lowest BCUT2D eigenvalue weighted by Gasteiger charge is -2.31. The number of halogens is 3. The Morgan fingerprint density at radius 2 is 1.56 bits per heavy atom. The molecule has 1 saturated carbocycles. The molecular formula is C41H70F3N5O6. The van der Waals surface area contributed by atoms with Gasteiger partial charge in [-0.2, -0.15) is 13.2 Å². The first-order valence-corrected chi connectivity index (χ1v) is 20.1. The van der Waals surface area contributed by atoms with Gasteiger partial charge < -0.3 is 25.9 Å². The molecule has 1 aromatic rings. The molecule has 316 valence electrons. The van der Waals surface area contributed by atoms with E-state index in [9.17, 15) is 37.1 Å². The van der Waals surface area contributed by atoms with E-state index >= 15 is 0 Å². The molecule has 5 N–H and O–H groups in total. The summed E-state index contributed by atoms with van der Waals surface area (Å²) in [5.41, 5.74) is 7.78. The SMILES string of the molecule is CC.CC.CC1CC(=O)N(CCCCCC(NC(C(=O)NC(C=O)CC2CCC(CN)CC2)C(C)C)C(F)(F)F)C1=O.CNc1ccc(COC(C)=O)cc1. The number of esters is 1. The summed E-state index contributed by atoms with van der Waals surface area (Å²) in [4.78, 5) is 60.2. The van der Waals surface area contributed by atoms with Crippen molar-refractivity contribution in [1.82, 2.24) is 15.5 Å². The van der Waals surface area contributed by atoms with Gasteiger partial charge in [0.25, 0.3) is 0 Å². The van der Waals surface area contributed by atoms with E-state index in [-0.39, 0.29) is 55.4 Å². The zero-order valence-electron chi connectivity index (χ0n) is 34.7. The van der Waals surface area contributed by atoms with Gasteiger partial charge >= 0.3 is 12.1 Å². The molecule has 1 saturated heterocycles. The van der Waals surface area contributed by atoms with E-state index in [4.69, 9.17) is 10.5 Å². The largest absolute Gasteiger partial charge is 0.461 e. The van der Waals surface area contributed by atoms with Gasteiger partial charge in [-0.05, 0) is 74.1 Å². The first-order valence-electron chi connectivity index (χ1n) is 20.1. The van der Waals surface area contributed by atoms with Crippen molar-refractivity contribution < 1.29 is 41.9 Å². The van der Waals surface area contributed by atoms with E-state index in [2.05, 4.69) is 16.0 Å². The number of ether oxygens (including phenoxy) is 1. The number of carbonyl (C=O) groups is 5. The Labute approximate surface area is 327 Å². The first kappa shape index (κ1) is 51.5. The van der Waals surface area contributed by atoms with Crippen molar-refractivity contribution in [2.45, 2.75) is 151 Å². The molecule has 1 heterocycles. The highest BCUT2D eigenvalue weighted by Crippen LogP contribution is 2.31. The van der Waals surface area contributed by atoms with Crippen LogP contribution in [0.25, 0.3) is 0 Å². The lowest BCUT2D eigenvalue weighted by molar-refractivity contribution is -0.161. The number of amides is 3. The van der Waals surface area contributed by atoms with E-state index in [1.54, 1.807) is 20.8 Å². The molecular weight excluding hydrogens is 715 g/mol. The molecule has 3 amide bonds. The Kier molecular flexibility index (Phi) is 26.2. The molecule has 0 aromatic heterocycles. The Bertz CT molecular complexity index is 1260. The fourth-order valence-electron chi connectivity index (χ4n) is 6.44. The Morgan fingerprint density at radius 3 is 2.02 bits per heavy atom. The first-order chi connectivity index (χ1) is 26.1. The molecule has 1 aliphatic carbocycles. The molecule has 4 atom stereocenters. The minimum absolute atomic E-state index is 0.178. The number of hydrogen-bond acceptors (Lipinski definition) is 9. The molecule has 0 bridgehead atoms. The fraction of sp³-hybridized carbons (Fsp3) is 0.732. The summed E-state index contributed by atoms with van der Waals surface area (Å²) in [5.74, 6) is -1.34. The maximum absolute atomic E-state index is 13.8. The van der Waals surface area contributed by atoms with E-state index in [1.165, 1.54) is 11.8 Å². The normalized spacial score (nSPS) is 19.7. The van der Waals surface area contributed by atoms with Crippen LogP contribution in [0.5, 0.6) is 0 Å². The van der Waals surface area contributed by atoms with Crippen LogP contribution < -0.4 is 21.7 Å². The Morgan fingerprint density at radius 1 is 0.982 bits per heavy atom. The number of nitrogens with one attached hydrogen (secondary N) is 3. The minimum Gasteiger partial charge on any atom is -0.461 e. The summed E-state index contributed by atoms with van der Waals surface area (Å²) in [6, 6.07) is 3.99. The van der Waals surface area contributed by atoms with Crippen molar-refractivity contribution in [3.05, 3.63) is 29.8 Å². The van der Waals surface area contributed by atoms with E-state index in [0.717, 1.165) is 36.9 Å². The number of anilines is 1. The quantitative estimate of drug-likeness (QED) is 0.0524. The summed E-state index contributed by atoms with van der Waals surface area (Å²) in [6.07, 6.45) is 1.39. The topological polar surface area (TPSA) is 160 Å². The average molecular weight is 786 g/mol. The molecule has 4 unspecified atom stereocenters. The summed E-state index contributed by atoms with van der Waals surface area (Å²) in [7, 11) is 1.86. The standard InChI is InChI=1S/C27H45F3N4O4.C10H13NO2.2C2H6/c1-17(2)24(25(37)32-21(16-35)14-19-8-10-20(15-31)11-9-19)33-22(27(28,29)30)7-5-4-6-12-34-23(36)13-18(3)26(34)38;1-8(12)13-7-9-3-5-10(11-2)6-4-9;2*1-2/h16-22,24,33H,4-15,31H2,1-3H3,(H,32,37);3-6,11H,7H2,1-2H3;2*1-2H3. The highest BCUT2D eigenvalue weighted by molar-refractivity contribution is 6.03.